The minimum atomic E-state index is -0.587. The third-order valence-corrected chi connectivity index (χ3v) is 4.23. The zero-order chi connectivity index (χ0) is 15.6. The number of halogens is 3. The van der Waals surface area contributed by atoms with E-state index in [4.69, 9.17) is 5.73 Å². The molecule has 0 aromatic heterocycles. The third-order valence-electron chi connectivity index (χ3n) is 3.05. The highest BCUT2D eigenvalue weighted by molar-refractivity contribution is 9.11. The number of benzene rings is 2. The SMILES string of the molecule is CC(Nc1cc(C(N)=O)ccc1F)c1ccc(Br)cc1Br. The first-order chi connectivity index (χ1) is 9.88. The quantitative estimate of drug-likeness (QED) is 0.765. The lowest BCUT2D eigenvalue weighted by atomic mass is 10.1. The number of anilines is 1. The van der Waals surface area contributed by atoms with Gasteiger partial charge in [0.15, 0.2) is 0 Å². The molecule has 0 saturated heterocycles. The molecule has 21 heavy (non-hydrogen) atoms. The van der Waals surface area contributed by atoms with E-state index in [-0.39, 0.29) is 17.3 Å². The molecule has 1 unspecified atom stereocenters. The molecule has 0 bridgehead atoms. The Kier molecular flexibility index (Phi) is 5.00. The van der Waals surface area contributed by atoms with Gasteiger partial charge in [-0.15, -0.1) is 0 Å². The molecule has 0 aliphatic carbocycles. The van der Waals surface area contributed by atoms with E-state index in [1.165, 1.54) is 18.2 Å². The number of rotatable bonds is 4. The van der Waals surface area contributed by atoms with E-state index in [9.17, 15) is 9.18 Å². The fraction of sp³-hybridized carbons (Fsp3) is 0.133. The molecule has 1 atom stereocenters. The number of nitrogens with two attached hydrogens (primary N) is 1. The van der Waals surface area contributed by atoms with Gasteiger partial charge in [0.1, 0.15) is 5.82 Å². The second kappa shape index (κ2) is 6.58. The Morgan fingerprint density at radius 2 is 1.95 bits per heavy atom. The number of carbonyl (C=O) groups is 1. The molecule has 0 radical (unpaired) electrons. The van der Waals surface area contributed by atoms with Crippen molar-refractivity contribution in [1.82, 2.24) is 0 Å². The first kappa shape index (κ1) is 16.0. The van der Waals surface area contributed by atoms with E-state index in [1.807, 2.05) is 25.1 Å². The van der Waals surface area contributed by atoms with Crippen molar-refractivity contribution in [1.29, 1.82) is 0 Å². The fourth-order valence-corrected chi connectivity index (χ4v) is 3.34. The lowest BCUT2D eigenvalue weighted by Crippen LogP contribution is -2.13. The smallest absolute Gasteiger partial charge is 0.248 e. The highest BCUT2D eigenvalue weighted by Crippen LogP contribution is 2.29. The second-order valence-electron chi connectivity index (χ2n) is 4.59. The number of primary amides is 1. The predicted molar refractivity (Wildman–Crippen MR) is 88.8 cm³/mol. The monoisotopic (exact) mass is 414 g/mol. The largest absolute Gasteiger partial charge is 0.376 e. The molecule has 2 aromatic carbocycles. The van der Waals surface area contributed by atoms with Gasteiger partial charge in [0.2, 0.25) is 5.91 Å². The Balaban J connectivity index is 2.28. The summed E-state index contributed by atoms with van der Waals surface area (Å²) in [6.07, 6.45) is 0. The fourth-order valence-electron chi connectivity index (χ4n) is 1.95. The summed E-state index contributed by atoms with van der Waals surface area (Å²) in [5.41, 5.74) is 6.70. The van der Waals surface area contributed by atoms with Crippen molar-refractivity contribution in [2.24, 2.45) is 5.73 Å². The van der Waals surface area contributed by atoms with Crippen LogP contribution in [0.1, 0.15) is 28.9 Å². The van der Waals surface area contributed by atoms with Crippen molar-refractivity contribution >= 4 is 43.5 Å². The maximum atomic E-state index is 13.8. The lowest BCUT2D eigenvalue weighted by molar-refractivity contribution is 0.100. The van der Waals surface area contributed by atoms with Crippen LogP contribution in [0.25, 0.3) is 0 Å². The lowest BCUT2D eigenvalue weighted by Gasteiger charge is -2.18. The van der Waals surface area contributed by atoms with Crippen LogP contribution in [-0.4, -0.2) is 5.91 Å². The zero-order valence-corrected chi connectivity index (χ0v) is 14.3. The summed E-state index contributed by atoms with van der Waals surface area (Å²) in [7, 11) is 0. The molecular weight excluding hydrogens is 403 g/mol. The summed E-state index contributed by atoms with van der Waals surface area (Å²) in [5.74, 6) is -1.02. The van der Waals surface area contributed by atoms with Gasteiger partial charge in [-0.25, -0.2) is 4.39 Å². The molecule has 0 fully saturated rings. The van der Waals surface area contributed by atoms with Gasteiger partial charge in [0, 0.05) is 20.6 Å². The maximum absolute atomic E-state index is 13.8. The van der Waals surface area contributed by atoms with E-state index in [2.05, 4.69) is 37.2 Å². The molecule has 1 amide bonds. The summed E-state index contributed by atoms with van der Waals surface area (Å²) in [4.78, 5) is 11.2. The molecule has 0 spiro atoms. The summed E-state index contributed by atoms with van der Waals surface area (Å²) in [5, 5.41) is 3.05. The Morgan fingerprint density at radius 1 is 1.24 bits per heavy atom. The van der Waals surface area contributed by atoms with Gasteiger partial charge in [0.25, 0.3) is 0 Å². The summed E-state index contributed by atoms with van der Waals surface area (Å²) >= 11 is 6.87. The van der Waals surface area contributed by atoms with Crippen LogP contribution in [0.4, 0.5) is 10.1 Å². The van der Waals surface area contributed by atoms with Gasteiger partial charge in [-0.1, -0.05) is 37.9 Å². The van der Waals surface area contributed by atoms with Crippen molar-refractivity contribution < 1.29 is 9.18 Å². The summed E-state index contributed by atoms with van der Waals surface area (Å²) in [6, 6.07) is 9.63. The predicted octanol–water partition coefficient (Wildman–Crippen LogP) is 4.62. The number of nitrogens with one attached hydrogen (secondary N) is 1. The van der Waals surface area contributed by atoms with Crippen LogP contribution in [0.15, 0.2) is 45.3 Å². The van der Waals surface area contributed by atoms with E-state index in [0.29, 0.717) is 0 Å². The molecule has 6 heteroatoms. The van der Waals surface area contributed by atoms with Crippen LogP contribution >= 0.6 is 31.9 Å². The van der Waals surface area contributed by atoms with E-state index < -0.39 is 11.7 Å². The molecule has 3 nitrogen and oxygen atoms in total. The second-order valence-corrected chi connectivity index (χ2v) is 6.36. The minimum Gasteiger partial charge on any atom is -0.376 e. The molecule has 2 aromatic rings. The van der Waals surface area contributed by atoms with E-state index >= 15 is 0 Å². The van der Waals surface area contributed by atoms with Gasteiger partial charge < -0.3 is 11.1 Å². The average Bonchev–Trinajstić information content (AvgIpc) is 2.40. The molecule has 0 saturated carbocycles. The van der Waals surface area contributed by atoms with E-state index in [0.717, 1.165) is 14.5 Å². The third kappa shape index (κ3) is 3.83. The molecule has 0 heterocycles. The molecule has 0 aliphatic rings. The van der Waals surface area contributed by atoms with Gasteiger partial charge in [-0.05, 0) is 42.8 Å². The summed E-state index contributed by atoms with van der Waals surface area (Å²) in [6.45, 7) is 1.91. The molecular formula is C15H13Br2FN2O. The van der Waals surface area contributed by atoms with Crippen LogP contribution in [0.5, 0.6) is 0 Å². The van der Waals surface area contributed by atoms with Gasteiger partial charge >= 0.3 is 0 Å². The topological polar surface area (TPSA) is 55.1 Å². The maximum Gasteiger partial charge on any atom is 0.248 e. The Bertz CT molecular complexity index is 691. The van der Waals surface area contributed by atoms with Crippen molar-refractivity contribution in [3.63, 3.8) is 0 Å². The normalized spacial score (nSPS) is 12.0. The average molecular weight is 416 g/mol. The van der Waals surface area contributed by atoms with Gasteiger partial charge in [-0.3, -0.25) is 4.79 Å². The van der Waals surface area contributed by atoms with Gasteiger partial charge in [-0.2, -0.15) is 0 Å². The first-order valence-corrected chi connectivity index (χ1v) is 7.78. The highest BCUT2D eigenvalue weighted by Gasteiger charge is 2.13. The number of hydrogen-bond acceptors (Lipinski definition) is 2. The number of hydrogen-bond donors (Lipinski definition) is 2. The zero-order valence-electron chi connectivity index (χ0n) is 11.2. The first-order valence-electron chi connectivity index (χ1n) is 6.19. The Labute approximate surface area is 139 Å². The highest BCUT2D eigenvalue weighted by atomic mass is 79.9. The van der Waals surface area contributed by atoms with Gasteiger partial charge in [0.05, 0.1) is 5.69 Å². The summed E-state index contributed by atoms with van der Waals surface area (Å²) < 4.78 is 15.7. The molecule has 0 aliphatic heterocycles. The van der Waals surface area contributed by atoms with Crippen molar-refractivity contribution in [3.8, 4) is 0 Å². The molecule has 2 rings (SSSR count). The van der Waals surface area contributed by atoms with Crippen LogP contribution in [0.3, 0.4) is 0 Å². The van der Waals surface area contributed by atoms with Crippen molar-refractivity contribution in [2.45, 2.75) is 13.0 Å². The van der Waals surface area contributed by atoms with Crippen LogP contribution in [-0.2, 0) is 0 Å². The number of carbonyl (C=O) groups excluding carboxylic acids is 1. The van der Waals surface area contributed by atoms with Crippen molar-refractivity contribution in [3.05, 3.63) is 62.3 Å². The molecule has 3 N–H and O–H groups in total. The molecule has 110 valence electrons. The van der Waals surface area contributed by atoms with Crippen molar-refractivity contribution in [2.75, 3.05) is 5.32 Å². The standard InChI is InChI=1S/C15H13Br2FN2O/c1-8(11-4-3-10(16)7-12(11)17)20-14-6-9(15(19)21)2-5-13(14)18/h2-8,20H,1H3,(H2,19,21). The van der Waals surface area contributed by atoms with Crippen LogP contribution in [0, 0.1) is 5.82 Å². The van der Waals surface area contributed by atoms with Crippen LogP contribution in [0.2, 0.25) is 0 Å². The Hall–Kier alpha value is -1.40. The number of amides is 1. The Morgan fingerprint density at radius 3 is 2.57 bits per heavy atom. The van der Waals surface area contributed by atoms with E-state index in [1.54, 1.807) is 0 Å². The van der Waals surface area contributed by atoms with Crippen LogP contribution < -0.4 is 11.1 Å². The minimum absolute atomic E-state index is 0.148.